The first-order valence-corrected chi connectivity index (χ1v) is 7.01. The van der Waals surface area contributed by atoms with E-state index in [1.807, 2.05) is 44.2 Å². The number of rotatable bonds is 5. The Balaban J connectivity index is 1.89. The summed E-state index contributed by atoms with van der Waals surface area (Å²) in [6.07, 6.45) is 0.609. The molecule has 0 saturated carbocycles. The normalized spacial score (nSPS) is 12.2. The standard InChI is InChI=1S/C15H18N2O2S/c1-10-13(11(2)19-17-10)9-16-15(18)14(20)8-12-6-4-3-5-7-12/h3-7,14,20H,8-9H2,1-2H3,(H,16,18). The lowest BCUT2D eigenvalue weighted by Gasteiger charge is -2.11. The maximum atomic E-state index is 12.0. The van der Waals surface area contributed by atoms with Crippen LogP contribution in [0.5, 0.6) is 0 Å². The molecule has 0 fully saturated rings. The van der Waals surface area contributed by atoms with Crippen LogP contribution in [0.2, 0.25) is 0 Å². The highest BCUT2D eigenvalue weighted by molar-refractivity contribution is 7.81. The van der Waals surface area contributed by atoms with E-state index in [9.17, 15) is 4.79 Å². The van der Waals surface area contributed by atoms with Crippen molar-refractivity contribution in [3.63, 3.8) is 0 Å². The fraction of sp³-hybridized carbons (Fsp3) is 0.333. The minimum absolute atomic E-state index is 0.0859. The number of benzene rings is 1. The van der Waals surface area contributed by atoms with Gasteiger partial charge in [-0.2, -0.15) is 12.6 Å². The van der Waals surface area contributed by atoms with Gasteiger partial charge in [0.2, 0.25) is 5.91 Å². The number of carbonyl (C=O) groups excluding carboxylic acids is 1. The Morgan fingerprint density at radius 2 is 2.05 bits per heavy atom. The predicted octanol–water partition coefficient (Wildman–Crippen LogP) is 2.45. The number of hydrogen-bond donors (Lipinski definition) is 2. The van der Waals surface area contributed by atoms with Crippen molar-refractivity contribution >= 4 is 18.5 Å². The number of nitrogens with one attached hydrogen (secondary N) is 1. The maximum Gasteiger partial charge on any atom is 0.233 e. The van der Waals surface area contributed by atoms with Crippen LogP contribution in [0.25, 0.3) is 0 Å². The van der Waals surface area contributed by atoms with E-state index >= 15 is 0 Å². The van der Waals surface area contributed by atoms with Crippen LogP contribution >= 0.6 is 12.6 Å². The number of amides is 1. The van der Waals surface area contributed by atoms with Crippen LogP contribution < -0.4 is 5.32 Å². The zero-order chi connectivity index (χ0) is 14.5. The van der Waals surface area contributed by atoms with E-state index in [1.54, 1.807) is 0 Å². The number of nitrogens with zero attached hydrogens (tertiary/aromatic N) is 1. The third-order valence-electron chi connectivity index (χ3n) is 3.20. The molecule has 5 heteroatoms. The van der Waals surface area contributed by atoms with Gasteiger partial charge in [0.25, 0.3) is 0 Å². The van der Waals surface area contributed by atoms with Gasteiger partial charge < -0.3 is 9.84 Å². The van der Waals surface area contributed by atoms with Gasteiger partial charge in [-0.3, -0.25) is 4.79 Å². The lowest BCUT2D eigenvalue weighted by Crippen LogP contribution is -2.32. The number of carbonyl (C=O) groups is 1. The summed E-state index contributed by atoms with van der Waals surface area (Å²) in [6.45, 7) is 4.12. The highest BCUT2D eigenvalue weighted by Crippen LogP contribution is 2.12. The first-order valence-electron chi connectivity index (χ1n) is 6.49. The van der Waals surface area contributed by atoms with Crippen molar-refractivity contribution < 1.29 is 9.32 Å². The van der Waals surface area contributed by atoms with Crippen LogP contribution in [-0.4, -0.2) is 16.3 Å². The van der Waals surface area contributed by atoms with Crippen molar-refractivity contribution in [3.05, 3.63) is 52.9 Å². The van der Waals surface area contributed by atoms with Crippen molar-refractivity contribution in [1.29, 1.82) is 0 Å². The summed E-state index contributed by atoms with van der Waals surface area (Å²) < 4.78 is 5.06. The third kappa shape index (κ3) is 3.63. The SMILES string of the molecule is Cc1noc(C)c1CNC(=O)C(S)Cc1ccccc1. The molecule has 1 aromatic heterocycles. The van der Waals surface area contributed by atoms with Crippen molar-refractivity contribution in [3.8, 4) is 0 Å². The molecule has 1 amide bonds. The molecule has 1 N–H and O–H groups in total. The molecule has 20 heavy (non-hydrogen) atoms. The number of aryl methyl sites for hydroxylation is 2. The van der Waals surface area contributed by atoms with Crippen molar-refractivity contribution in [2.45, 2.75) is 32.1 Å². The van der Waals surface area contributed by atoms with Crippen LogP contribution in [0.4, 0.5) is 0 Å². The van der Waals surface area contributed by atoms with Gasteiger partial charge in [-0.1, -0.05) is 35.5 Å². The average molecular weight is 290 g/mol. The largest absolute Gasteiger partial charge is 0.361 e. The highest BCUT2D eigenvalue weighted by atomic mass is 32.1. The van der Waals surface area contributed by atoms with E-state index in [2.05, 4.69) is 23.1 Å². The molecule has 1 unspecified atom stereocenters. The summed E-state index contributed by atoms with van der Waals surface area (Å²) in [5.74, 6) is 0.652. The first kappa shape index (κ1) is 14.7. The third-order valence-corrected chi connectivity index (χ3v) is 3.61. The fourth-order valence-corrected chi connectivity index (χ4v) is 2.28. The van der Waals surface area contributed by atoms with E-state index < -0.39 is 0 Å². The molecule has 4 nitrogen and oxygen atoms in total. The van der Waals surface area contributed by atoms with Crippen molar-refractivity contribution in [2.75, 3.05) is 0 Å². The number of thiol groups is 1. The lowest BCUT2D eigenvalue weighted by molar-refractivity contribution is -0.120. The lowest BCUT2D eigenvalue weighted by atomic mass is 10.1. The second-order valence-corrected chi connectivity index (χ2v) is 5.35. The van der Waals surface area contributed by atoms with E-state index in [1.165, 1.54) is 0 Å². The Morgan fingerprint density at radius 1 is 1.35 bits per heavy atom. The number of hydrogen-bond acceptors (Lipinski definition) is 4. The summed E-state index contributed by atoms with van der Waals surface area (Å²) >= 11 is 4.37. The zero-order valence-corrected chi connectivity index (χ0v) is 12.5. The van der Waals surface area contributed by atoms with E-state index in [-0.39, 0.29) is 11.2 Å². The zero-order valence-electron chi connectivity index (χ0n) is 11.6. The Bertz CT molecular complexity index is 561. The Labute approximate surface area is 124 Å². The summed E-state index contributed by atoms with van der Waals surface area (Å²) in [6, 6.07) is 9.85. The molecule has 0 aliphatic carbocycles. The Kier molecular flexibility index (Phi) is 4.84. The predicted molar refractivity (Wildman–Crippen MR) is 80.7 cm³/mol. The molecule has 0 saturated heterocycles. The van der Waals surface area contributed by atoms with E-state index in [4.69, 9.17) is 4.52 Å². The smallest absolute Gasteiger partial charge is 0.233 e. The van der Waals surface area contributed by atoms with Crippen LogP contribution in [0.3, 0.4) is 0 Å². The van der Waals surface area contributed by atoms with Gasteiger partial charge in [-0.05, 0) is 25.8 Å². The quantitative estimate of drug-likeness (QED) is 0.832. The van der Waals surface area contributed by atoms with Gasteiger partial charge in [-0.15, -0.1) is 0 Å². The molecular formula is C15H18N2O2S. The van der Waals surface area contributed by atoms with Gasteiger partial charge in [0, 0.05) is 12.1 Å². The van der Waals surface area contributed by atoms with Crippen molar-refractivity contribution in [1.82, 2.24) is 10.5 Å². The Morgan fingerprint density at radius 3 is 2.65 bits per heavy atom. The Hall–Kier alpha value is -1.75. The van der Waals surface area contributed by atoms with E-state index in [0.29, 0.717) is 13.0 Å². The minimum Gasteiger partial charge on any atom is -0.361 e. The summed E-state index contributed by atoms with van der Waals surface area (Å²) in [4.78, 5) is 12.0. The molecule has 0 spiro atoms. The molecule has 0 aliphatic rings. The van der Waals surface area contributed by atoms with Gasteiger partial charge in [0.05, 0.1) is 10.9 Å². The van der Waals surface area contributed by atoms with Crippen LogP contribution in [0.15, 0.2) is 34.9 Å². The molecule has 1 aromatic carbocycles. The van der Waals surface area contributed by atoms with Gasteiger partial charge in [0.15, 0.2) is 0 Å². The minimum atomic E-state index is -0.363. The van der Waals surface area contributed by atoms with Crippen molar-refractivity contribution in [2.24, 2.45) is 0 Å². The van der Waals surface area contributed by atoms with Gasteiger partial charge in [-0.25, -0.2) is 0 Å². The highest BCUT2D eigenvalue weighted by Gasteiger charge is 2.16. The fourth-order valence-electron chi connectivity index (χ4n) is 1.98. The molecule has 2 rings (SSSR count). The molecule has 106 valence electrons. The second-order valence-electron chi connectivity index (χ2n) is 4.73. The molecule has 1 heterocycles. The molecule has 1 atom stereocenters. The molecule has 0 aliphatic heterocycles. The average Bonchev–Trinajstić information content (AvgIpc) is 2.76. The topological polar surface area (TPSA) is 55.1 Å². The second kappa shape index (κ2) is 6.61. The molecule has 0 radical (unpaired) electrons. The van der Waals surface area contributed by atoms with Crippen LogP contribution in [0.1, 0.15) is 22.6 Å². The molecular weight excluding hydrogens is 272 g/mol. The summed E-state index contributed by atoms with van der Waals surface area (Å²) in [5, 5.41) is 6.37. The van der Waals surface area contributed by atoms with Crippen LogP contribution in [-0.2, 0) is 17.8 Å². The van der Waals surface area contributed by atoms with Gasteiger partial charge >= 0.3 is 0 Å². The van der Waals surface area contributed by atoms with Crippen LogP contribution in [0, 0.1) is 13.8 Å². The number of aromatic nitrogens is 1. The molecule has 2 aromatic rings. The molecule has 0 bridgehead atoms. The van der Waals surface area contributed by atoms with E-state index in [0.717, 1.165) is 22.6 Å². The van der Waals surface area contributed by atoms with Gasteiger partial charge in [0.1, 0.15) is 5.76 Å². The maximum absolute atomic E-state index is 12.0. The summed E-state index contributed by atoms with van der Waals surface area (Å²) in [5.41, 5.74) is 2.83. The first-order chi connectivity index (χ1) is 9.58. The summed E-state index contributed by atoms with van der Waals surface area (Å²) in [7, 11) is 0. The monoisotopic (exact) mass is 290 g/mol.